The Morgan fingerprint density at radius 1 is 0.949 bits per heavy atom. The van der Waals surface area contributed by atoms with E-state index in [0.29, 0.717) is 6.42 Å². The van der Waals surface area contributed by atoms with E-state index in [2.05, 4.69) is 37.2 Å². The standard InChI is InChI=1S/C27H35BrN6O5/c1-27(2,3)39-26(38)33-21(16-17-8-5-4-6-9-17)24(37)32-20(10-7-15-31-25(29)30)23(36)34-22(35)18-11-13-19(28)14-12-18/h4-6,8-9,11-14,20-21H,7,10,15-16H2,1-3H3,(H,32,37)(H,33,38)(H4,29,30,31)(H,34,35,36)/t20-,21-/m0/s1. The number of nitrogens with two attached hydrogens (primary N) is 1. The fourth-order valence-electron chi connectivity index (χ4n) is 3.45. The zero-order valence-electron chi connectivity index (χ0n) is 22.2. The van der Waals surface area contributed by atoms with Crippen molar-refractivity contribution in [3.63, 3.8) is 0 Å². The number of halogens is 1. The Morgan fingerprint density at radius 2 is 1.59 bits per heavy atom. The summed E-state index contributed by atoms with van der Waals surface area (Å²) in [6.45, 7) is 5.39. The highest BCUT2D eigenvalue weighted by Gasteiger charge is 2.29. The first-order valence-corrected chi connectivity index (χ1v) is 13.2. The zero-order valence-corrected chi connectivity index (χ0v) is 23.8. The third-order valence-corrected chi connectivity index (χ3v) is 5.78. The lowest BCUT2D eigenvalue weighted by Gasteiger charge is -2.25. The van der Waals surface area contributed by atoms with E-state index in [-0.39, 0.29) is 30.9 Å². The van der Waals surface area contributed by atoms with Crippen LogP contribution in [0.5, 0.6) is 0 Å². The molecule has 0 heterocycles. The van der Waals surface area contributed by atoms with Crippen LogP contribution >= 0.6 is 15.9 Å². The van der Waals surface area contributed by atoms with Gasteiger partial charge in [0.25, 0.3) is 5.91 Å². The topological polar surface area (TPSA) is 176 Å². The summed E-state index contributed by atoms with van der Waals surface area (Å²) in [5.41, 5.74) is 5.59. The summed E-state index contributed by atoms with van der Waals surface area (Å²) in [6, 6.07) is 13.3. The Bertz CT molecular complexity index is 1150. The van der Waals surface area contributed by atoms with E-state index < -0.39 is 41.5 Å². The van der Waals surface area contributed by atoms with Crippen molar-refractivity contribution in [3.05, 3.63) is 70.2 Å². The molecule has 12 heteroatoms. The summed E-state index contributed by atoms with van der Waals surface area (Å²) in [6.07, 6.45) is -0.150. The number of carbonyl (C=O) groups excluding carboxylic acids is 4. The van der Waals surface area contributed by atoms with Crippen molar-refractivity contribution in [2.75, 3.05) is 6.54 Å². The molecule has 0 aromatic heterocycles. The van der Waals surface area contributed by atoms with E-state index >= 15 is 0 Å². The molecule has 0 bridgehead atoms. The molecule has 0 aliphatic heterocycles. The number of ether oxygens (including phenoxy) is 1. The van der Waals surface area contributed by atoms with E-state index in [9.17, 15) is 19.2 Å². The number of hydrogen-bond donors (Lipinski definition) is 6. The Balaban J connectivity index is 2.20. The molecule has 0 saturated carbocycles. The maximum Gasteiger partial charge on any atom is 0.408 e. The third-order valence-electron chi connectivity index (χ3n) is 5.25. The van der Waals surface area contributed by atoms with Gasteiger partial charge < -0.3 is 26.4 Å². The molecular weight excluding hydrogens is 568 g/mol. The van der Waals surface area contributed by atoms with Gasteiger partial charge in [0.05, 0.1) is 0 Å². The predicted molar refractivity (Wildman–Crippen MR) is 151 cm³/mol. The van der Waals surface area contributed by atoms with Gasteiger partial charge in [-0.1, -0.05) is 46.3 Å². The minimum absolute atomic E-state index is 0.135. The second-order valence-corrected chi connectivity index (χ2v) is 10.7. The Labute approximate surface area is 236 Å². The molecule has 0 radical (unpaired) electrons. The average Bonchev–Trinajstić information content (AvgIpc) is 2.85. The van der Waals surface area contributed by atoms with Crippen LogP contribution in [0, 0.1) is 5.41 Å². The summed E-state index contributed by atoms with van der Waals surface area (Å²) in [4.78, 5) is 51.6. The lowest BCUT2D eigenvalue weighted by atomic mass is 10.0. The van der Waals surface area contributed by atoms with Crippen molar-refractivity contribution in [1.82, 2.24) is 21.3 Å². The van der Waals surface area contributed by atoms with Gasteiger partial charge in [-0.25, -0.2) is 4.79 Å². The van der Waals surface area contributed by atoms with Crippen LogP contribution in [0.15, 0.2) is 59.1 Å². The number of amides is 4. The first-order valence-electron chi connectivity index (χ1n) is 12.4. The fourth-order valence-corrected chi connectivity index (χ4v) is 3.72. The Morgan fingerprint density at radius 3 is 2.18 bits per heavy atom. The molecule has 0 spiro atoms. The summed E-state index contributed by atoms with van der Waals surface area (Å²) < 4.78 is 6.10. The van der Waals surface area contributed by atoms with Gasteiger partial charge in [-0.2, -0.15) is 0 Å². The quantitative estimate of drug-likeness (QED) is 0.130. The molecule has 7 N–H and O–H groups in total. The van der Waals surface area contributed by atoms with Crippen LogP contribution in [0.2, 0.25) is 0 Å². The second-order valence-electron chi connectivity index (χ2n) is 9.76. The zero-order chi connectivity index (χ0) is 29.0. The molecule has 0 aliphatic carbocycles. The SMILES string of the molecule is CC(C)(C)OC(=O)N[C@@H](Cc1ccccc1)C(=O)N[C@@H](CCCNC(=N)N)C(=O)NC(=O)c1ccc(Br)cc1. The summed E-state index contributed by atoms with van der Waals surface area (Å²) in [7, 11) is 0. The van der Waals surface area contributed by atoms with E-state index in [1.54, 1.807) is 45.0 Å². The molecule has 11 nitrogen and oxygen atoms in total. The molecule has 0 saturated heterocycles. The maximum absolute atomic E-state index is 13.4. The van der Waals surface area contributed by atoms with E-state index in [1.807, 2.05) is 30.3 Å². The van der Waals surface area contributed by atoms with Gasteiger partial charge in [-0.3, -0.25) is 25.1 Å². The number of guanidine groups is 1. The average molecular weight is 604 g/mol. The number of carbonyl (C=O) groups is 4. The lowest BCUT2D eigenvalue weighted by Crippen LogP contribution is -2.55. The van der Waals surface area contributed by atoms with Crippen molar-refractivity contribution in [1.29, 1.82) is 5.41 Å². The van der Waals surface area contributed by atoms with Gasteiger partial charge >= 0.3 is 6.09 Å². The molecule has 0 aliphatic rings. The van der Waals surface area contributed by atoms with Gasteiger partial charge in [0.15, 0.2) is 5.96 Å². The molecule has 2 rings (SSSR count). The number of benzene rings is 2. The van der Waals surface area contributed by atoms with Crippen molar-refractivity contribution in [2.24, 2.45) is 5.73 Å². The number of rotatable bonds is 11. The van der Waals surface area contributed by atoms with Crippen LogP contribution in [-0.2, 0) is 20.7 Å². The van der Waals surface area contributed by atoms with Crippen molar-refractivity contribution in [2.45, 2.75) is 57.7 Å². The highest BCUT2D eigenvalue weighted by molar-refractivity contribution is 9.10. The van der Waals surface area contributed by atoms with Crippen LogP contribution in [0.3, 0.4) is 0 Å². The van der Waals surface area contributed by atoms with Crippen molar-refractivity contribution >= 4 is 45.7 Å². The number of alkyl carbamates (subject to hydrolysis) is 1. The van der Waals surface area contributed by atoms with Crippen LogP contribution in [0.4, 0.5) is 4.79 Å². The van der Waals surface area contributed by atoms with Crippen molar-refractivity contribution in [3.8, 4) is 0 Å². The summed E-state index contributed by atoms with van der Waals surface area (Å²) in [5.74, 6) is -2.19. The van der Waals surface area contributed by atoms with E-state index in [4.69, 9.17) is 15.9 Å². The summed E-state index contributed by atoms with van der Waals surface area (Å²) >= 11 is 3.30. The normalized spacial score (nSPS) is 12.4. The van der Waals surface area contributed by atoms with Gasteiger partial charge in [0.1, 0.15) is 17.7 Å². The lowest BCUT2D eigenvalue weighted by molar-refractivity contribution is -0.129. The highest BCUT2D eigenvalue weighted by Crippen LogP contribution is 2.12. The smallest absolute Gasteiger partial charge is 0.408 e. The highest BCUT2D eigenvalue weighted by atomic mass is 79.9. The first kappa shape index (κ1) is 31.3. The van der Waals surface area contributed by atoms with Gasteiger partial charge in [-0.05, 0) is 63.4 Å². The molecule has 0 fully saturated rings. The molecule has 4 amide bonds. The van der Waals surface area contributed by atoms with E-state index in [1.165, 1.54) is 0 Å². The molecule has 39 heavy (non-hydrogen) atoms. The minimum atomic E-state index is -1.11. The Kier molecular flexibility index (Phi) is 11.9. The summed E-state index contributed by atoms with van der Waals surface area (Å²) in [5, 5.41) is 17.5. The monoisotopic (exact) mass is 602 g/mol. The molecule has 0 unspecified atom stereocenters. The molecule has 210 valence electrons. The predicted octanol–water partition coefficient (Wildman–Crippen LogP) is 2.59. The number of nitrogens with one attached hydrogen (secondary N) is 5. The molecule has 2 aromatic rings. The van der Waals surface area contributed by atoms with Gasteiger partial charge in [0.2, 0.25) is 11.8 Å². The molecule has 2 aromatic carbocycles. The Hall–Kier alpha value is -3.93. The van der Waals surface area contributed by atoms with E-state index in [0.717, 1.165) is 10.0 Å². The van der Waals surface area contributed by atoms with Crippen LogP contribution in [0.1, 0.15) is 49.5 Å². The first-order chi connectivity index (χ1) is 18.3. The number of imide groups is 1. The fraction of sp³-hybridized carbons (Fsp3) is 0.370. The van der Waals surface area contributed by atoms with Gasteiger partial charge in [0, 0.05) is 23.0 Å². The largest absolute Gasteiger partial charge is 0.444 e. The van der Waals surface area contributed by atoms with Crippen LogP contribution in [-0.4, -0.2) is 54.0 Å². The maximum atomic E-state index is 13.4. The minimum Gasteiger partial charge on any atom is -0.444 e. The molecular formula is C27H35BrN6O5. The molecule has 2 atom stereocenters. The van der Waals surface area contributed by atoms with Crippen LogP contribution < -0.4 is 27.0 Å². The third kappa shape index (κ3) is 12.0. The van der Waals surface area contributed by atoms with Crippen LogP contribution in [0.25, 0.3) is 0 Å². The number of hydrogen-bond acceptors (Lipinski definition) is 6. The van der Waals surface area contributed by atoms with Crippen molar-refractivity contribution < 1.29 is 23.9 Å². The van der Waals surface area contributed by atoms with Gasteiger partial charge in [-0.15, -0.1) is 0 Å². The second kappa shape index (κ2) is 14.9.